The summed E-state index contributed by atoms with van der Waals surface area (Å²) in [5.41, 5.74) is 1.41. The van der Waals surface area contributed by atoms with Gasteiger partial charge < -0.3 is 10.1 Å². The molecule has 18 heavy (non-hydrogen) atoms. The lowest BCUT2D eigenvalue weighted by Gasteiger charge is -2.23. The molecule has 0 fully saturated rings. The van der Waals surface area contributed by atoms with Crippen LogP contribution in [0, 0.1) is 0 Å². The van der Waals surface area contributed by atoms with Crippen molar-refractivity contribution < 1.29 is 4.74 Å². The molecule has 0 amide bonds. The van der Waals surface area contributed by atoms with Gasteiger partial charge in [-0.15, -0.1) is 0 Å². The van der Waals surface area contributed by atoms with Crippen LogP contribution in [0.5, 0.6) is 0 Å². The molecule has 1 aromatic carbocycles. The average Bonchev–Trinajstić information content (AvgIpc) is 2.39. The van der Waals surface area contributed by atoms with E-state index in [4.69, 9.17) is 4.74 Å². The summed E-state index contributed by atoms with van der Waals surface area (Å²) in [7, 11) is 1.78. The van der Waals surface area contributed by atoms with Gasteiger partial charge in [0.2, 0.25) is 0 Å². The molecule has 2 nitrogen and oxygen atoms in total. The zero-order valence-corrected chi connectivity index (χ0v) is 12.2. The minimum atomic E-state index is -0.0158. The SMILES string of the molecule is COC(C)(C)CCNCCC(C)c1ccccc1. The Morgan fingerprint density at radius 2 is 1.83 bits per heavy atom. The van der Waals surface area contributed by atoms with Gasteiger partial charge in [0.05, 0.1) is 5.60 Å². The number of hydrogen-bond donors (Lipinski definition) is 1. The van der Waals surface area contributed by atoms with E-state index in [-0.39, 0.29) is 5.60 Å². The number of benzene rings is 1. The largest absolute Gasteiger partial charge is 0.379 e. The van der Waals surface area contributed by atoms with E-state index in [1.54, 1.807) is 7.11 Å². The van der Waals surface area contributed by atoms with Crippen molar-refractivity contribution in [1.82, 2.24) is 5.32 Å². The van der Waals surface area contributed by atoms with Gasteiger partial charge in [0.25, 0.3) is 0 Å². The van der Waals surface area contributed by atoms with Gasteiger partial charge in [0.1, 0.15) is 0 Å². The summed E-state index contributed by atoms with van der Waals surface area (Å²) in [5.74, 6) is 0.620. The van der Waals surface area contributed by atoms with Crippen molar-refractivity contribution in [3.8, 4) is 0 Å². The monoisotopic (exact) mass is 249 g/mol. The topological polar surface area (TPSA) is 21.3 Å². The summed E-state index contributed by atoms with van der Waals surface area (Å²) in [6.45, 7) is 8.62. The Labute approximate surface area is 112 Å². The lowest BCUT2D eigenvalue weighted by Crippen LogP contribution is -2.29. The van der Waals surface area contributed by atoms with Crippen LogP contribution < -0.4 is 5.32 Å². The molecule has 0 aliphatic rings. The molecule has 0 heterocycles. The Hall–Kier alpha value is -0.860. The fraction of sp³-hybridized carbons (Fsp3) is 0.625. The Bertz CT molecular complexity index is 321. The average molecular weight is 249 g/mol. The van der Waals surface area contributed by atoms with Crippen molar-refractivity contribution in [3.05, 3.63) is 35.9 Å². The Morgan fingerprint density at radius 1 is 1.17 bits per heavy atom. The van der Waals surface area contributed by atoms with Crippen molar-refractivity contribution in [2.75, 3.05) is 20.2 Å². The lowest BCUT2D eigenvalue weighted by molar-refractivity contribution is 0.0159. The van der Waals surface area contributed by atoms with Crippen molar-refractivity contribution in [2.24, 2.45) is 0 Å². The van der Waals surface area contributed by atoms with Crippen LogP contribution in [0.2, 0.25) is 0 Å². The first-order valence-electron chi connectivity index (χ1n) is 6.86. The third-order valence-electron chi connectivity index (χ3n) is 3.58. The van der Waals surface area contributed by atoms with Gasteiger partial charge in [0, 0.05) is 7.11 Å². The first-order chi connectivity index (χ1) is 8.55. The molecule has 0 aliphatic heterocycles. The normalized spacial score (nSPS) is 13.6. The Kier molecular flexibility index (Phi) is 6.37. The van der Waals surface area contributed by atoms with Crippen LogP contribution >= 0.6 is 0 Å². The van der Waals surface area contributed by atoms with E-state index in [2.05, 4.69) is 56.4 Å². The number of nitrogens with one attached hydrogen (secondary N) is 1. The summed E-state index contributed by atoms with van der Waals surface area (Å²) in [4.78, 5) is 0. The molecule has 0 aromatic heterocycles. The van der Waals surface area contributed by atoms with Gasteiger partial charge in [-0.2, -0.15) is 0 Å². The summed E-state index contributed by atoms with van der Waals surface area (Å²) >= 11 is 0. The van der Waals surface area contributed by atoms with Gasteiger partial charge in [0.15, 0.2) is 0 Å². The van der Waals surface area contributed by atoms with E-state index in [0.717, 1.165) is 19.5 Å². The summed E-state index contributed by atoms with van der Waals surface area (Å²) in [5, 5.41) is 3.50. The van der Waals surface area contributed by atoms with Gasteiger partial charge >= 0.3 is 0 Å². The van der Waals surface area contributed by atoms with Gasteiger partial charge in [-0.1, -0.05) is 37.3 Å². The minimum Gasteiger partial charge on any atom is -0.379 e. The maximum Gasteiger partial charge on any atom is 0.0634 e. The molecular weight excluding hydrogens is 222 g/mol. The molecule has 1 rings (SSSR count). The molecule has 0 radical (unpaired) electrons. The number of methoxy groups -OCH3 is 1. The Balaban J connectivity index is 2.15. The Morgan fingerprint density at radius 3 is 2.44 bits per heavy atom. The van der Waals surface area contributed by atoms with Crippen molar-refractivity contribution in [2.45, 2.75) is 45.1 Å². The zero-order chi connectivity index (χ0) is 13.4. The van der Waals surface area contributed by atoms with Gasteiger partial charge in [-0.05, 0) is 51.3 Å². The maximum atomic E-state index is 5.39. The molecule has 0 saturated carbocycles. The molecular formula is C16H27NO. The zero-order valence-electron chi connectivity index (χ0n) is 12.2. The highest BCUT2D eigenvalue weighted by Gasteiger charge is 2.15. The fourth-order valence-electron chi connectivity index (χ4n) is 1.88. The van der Waals surface area contributed by atoms with Crippen molar-refractivity contribution in [1.29, 1.82) is 0 Å². The highest BCUT2D eigenvalue weighted by Crippen LogP contribution is 2.17. The van der Waals surface area contributed by atoms with E-state index in [1.165, 1.54) is 12.0 Å². The molecule has 1 N–H and O–H groups in total. The second-order valence-corrected chi connectivity index (χ2v) is 5.56. The van der Waals surface area contributed by atoms with Gasteiger partial charge in [-0.25, -0.2) is 0 Å². The number of rotatable bonds is 8. The second kappa shape index (κ2) is 7.55. The predicted octanol–water partition coefficient (Wildman–Crippen LogP) is 3.58. The van der Waals surface area contributed by atoms with E-state index in [1.807, 2.05) is 0 Å². The maximum absolute atomic E-state index is 5.39. The van der Waals surface area contributed by atoms with Crippen LogP contribution in [0.3, 0.4) is 0 Å². The third-order valence-corrected chi connectivity index (χ3v) is 3.58. The highest BCUT2D eigenvalue weighted by atomic mass is 16.5. The first-order valence-corrected chi connectivity index (χ1v) is 6.86. The molecule has 102 valence electrons. The molecule has 1 unspecified atom stereocenters. The number of ether oxygens (including phenoxy) is 1. The van der Waals surface area contributed by atoms with Crippen LogP contribution in [0.15, 0.2) is 30.3 Å². The van der Waals surface area contributed by atoms with E-state index < -0.39 is 0 Å². The molecule has 1 atom stereocenters. The molecule has 0 spiro atoms. The number of hydrogen-bond acceptors (Lipinski definition) is 2. The predicted molar refractivity (Wildman–Crippen MR) is 78.0 cm³/mol. The fourth-order valence-corrected chi connectivity index (χ4v) is 1.88. The molecule has 0 saturated heterocycles. The van der Waals surface area contributed by atoms with Crippen LogP contribution in [0.25, 0.3) is 0 Å². The van der Waals surface area contributed by atoms with E-state index in [0.29, 0.717) is 5.92 Å². The van der Waals surface area contributed by atoms with Gasteiger partial charge in [-0.3, -0.25) is 0 Å². The summed E-state index contributed by atoms with van der Waals surface area (Å²) in [6.07, 6.45) is 2.22. The van der Waals surface area contributed by atoms with Crippen LogP contribution in [0.4, 0.5) is 0 Å². The summed E-state index contributed by atoms with van der Waals surface area (Å²) in [6, 6.07) is 10.7. The van der Waals surface area contributed by atoms with E-state index >= 15 is 0 Å². The standard InChI is InChI=1S/C16H27NO/c1-14(15-8-6-5-7-9-15)10-12-17-13-11-16(2,3)18-4/h5-9,14,17H,10-13H2,1-4H3. The quantitative estimate of drug-likeness (QED) is 0.711. The smallest absolute Gasteiger partial charge is 0.0634 e. The summed E-state index contributed by atoms with van der Waals surface area (Å²) < 4.78 is 5.39. The highest BCUT2D eigenvalue weighted by molar-refractivity contribution is 5.18. The van der Waals surface area contributed by atoms with Crippen LogP contribution in [-0.2, 0) is 4.74 Å². The minimum absolute atomic E-state index is 0.0158. The lowest BCUT2D eigenvalue weighted by atomic mass is 9.98. The molecule has 1 aromatic rings. The van der Waals surface area contributed by atoms with Crippen LogP contribution in [0.1, 0.15) is 45.1 Å². The van der Waals surface area contributed by atoms with E-state index in [9.17, 15) is 0 Å². The second-order valence-electron chi connectivity index (χ2n) is 5.56. The van der Waals surface area contributed by atoms with Crippen molar-refractivity contribution in [3.63, 3.8) is 0 Å². The van der Waals surface area contributed by atoms with Crippen molar-refractivity contribution >= 4 is 0 Å². The first kappa shape index (κ1) is 15.2. The molecule has 0 bridgehead atoms. The van der Waals surface area contributed by atoms with Crippen LogP contribution in [-0.4, -0.2) is 25.8 Å². The third kappa shape index (κ3) is 5.65. The molecule has 0 aliphatic carbocycles. The molecule has 2 heteroatoms.